The number of nitrogens with one attached hydrogen (secondary N) is 1. The van der Waals surface area contributed by atoms with E-state index in [4.69, 9.17) is 9.29 Å². The zero-order valence-corrected chi connectivity index (χ0v) is 6.61. The Hall–Kier alpha value is -0.550. The zero-order chi connectivity index (χ0) is 7.98. The Kier molecular flexibility index (Phi) is 4.96. The van der Waals surface area contributed by atoms with E-state index in [1.165, 1.54) is 0 Å². The second-order valence-electron chi connectivity index (χ2n) is 1.62. The fourth-order valence-electron chi connectivity index (χ4n) is 0.352. The minimum atomic E-state index is -2.07. The summed E-state index contributed by atoms with van der Waals surface area (Å²) in [5, 5.41) is 0. The molecule has 0 aliphatic carbocycles. The number of hydrogen-bond acceptors (Lipinski definition) is 2. The lowest BCUT2D eigenvalue weighted by Gasteiger charge is -2.05. The van der Waals surface area contributed by atoms with Crippen LogP contribution in [-0.2, 0) is 16.0 Å². The lowest BCUT2D eigenvalue weighted by atomic mass is 10.5. The molecule has 0 aromatic heterocycles. The smallest absolute Gasteiger partial charge is 0.261 e. The second-order valence-corrected chi connectivity index (χ2v) is 2.33. The molecule has 60 valence electrons. The molecule has 0 aliphatic heterocycles. The highest BCUT2D eigenvalue weighted by Gasteiger charge is 1.94. The lowest BCUT2D eigenvalue weighted by molar-refractivity contribution is 0.203. The summed E-state index contributed by atoms with van der Waals surface area (Å²) < 4.78 is 25.2. The standard InChI is InChI=1S/C5H11NO3S/c1-3-4-9-5(2)6-10(7)8/h6H,2-4H2,1H3,(H,7,8). The van der Waals surface area contributed by atoms with Crippen LogP contribution in [0.4, 0.5) is 0 Å². The molecule has 0 fully saturated rings. The van der Waals surface area contributed by atoms with E-state index in [1.807, 2.05) is 6.92 Å². The maximum absolute atomic E-state index is 10.0. The first-order valence-corrected chi connectivity index (χ1v) is 3.96. The second kappa shape index (κ2) is 5.25. The van der Waals surface area contributed by atoms with Gasteiger partial charge in [0, 0.05) is 0 Å². The van der Waals surface area contributed by atoms with Gasteiger partial charge in [0.15, 0.2) is 5.88 Å². The third kappa shape index (κ3) is 5.58. The fraction of sp³-hybridized carbons (Fsp3) is 0.600. The average Bonchev–Trinajstić information content (AvgIpc) is 1.82. The molecule has 10 heavy (non-hydrogen) atoms. The van der Waals surface area contributed by atoms with Crippen molar-refractivity contribution in [1.29, 1.82) is 0 Å². The van der Waals surface area contributed by atoms with Gasteiger partial charge in [0.2, 0.25) is 0 Å². The predicted molar refractivity (Wildman–Crippen MR) is 39.3 cm³/mol. The van der Waals surface area contributed by atoms with Crippen molar-refractivity contribution in [3.8, 4) is 0 Å². The molecule has 0 bridgehead atoms. The van der Waals surface area contributed by atoms with Gasteiger partial charge in [-0.25, -0.2) is 4.21 Å². The molecule has 0 aromatic carbocycles. The highest BCUT2D eigenvalue weighted by Crippen LogP contribution is 1.89. The Morgan fingerprint density at radius 1 is 1.90 bits per heavy atom. The van der Waals surface area contributed by atoms with Gasteiger partial charge in [-0.2, -0.15) is 0 Å². The van der Waals surface area contributed by atoms with Crippen LogP contribution < -0.4 is 4.72 Å². The fourth-order valence-corrected chi connectivity index (χ4v) is 0.606. The van der Waals surface area contributed by atoms with Gasteiger partial charge in [-0.1, -0.05) is 6.92 Å². The van der Waals surface area contributed by atoms with Gasteiger partial charge in [-0.3, -0.25) is 9.27 Å². The summed E-state index contributed by atoms with van der Waals surface area (Å²) in [6, 6.07) is 0. The lowest BCUT2D eigenvalue weighted by Crippen LogP contribution is -2.16. The van der Waals surface area contributed by atoms with Gasteiger partial charge in [0.1, 0.15) is 0 Å². The molecular weight excluding hydrogens is 154 g/mol. The van der Waals surface area contributed by atoms with Gasteiger partial charge in [0.25, 0.3) is 11.3 Å². The number of hydrogen-bond donors (Lipinski definition) is 2. The van der Waals surface area contributed by atoms with Crippen LogP contribution in [0.25, 0.3) is 0 Å². The van der Waals surface area contributed by atoms with E-state index in [1.54, 1.807) is 0 Å². The van der Waals surface area contributed by atoms with Crippen LogP contribution in [0.5, 0.6) is 0 Å². The monoisotopic (exact) mass is 165 g/mol. The molecule has 0 spiro atoms. The van der Waals surface area contributed by atoms with E-state index in [2.05, 4.69) is 11.3 Å². The first-order valence-electron chi connectivity index (χ1n) is 2.86. The molecular formula is C5H11NO3S. The molecule has 0 rings (SSSR count). The maximum atomic E-state index is 10.0. The van der Waals surface area contributed by atoms with Crippen LogP contribution >= 0.6 is 0 Å². The number of rotatable bonds is 5. The molecule has 1 atom stereocenters. The van der Waals surface area contributed by atoms with Gasteiger partial charge < -0.3 is 4.74 Å². The van der Waals surface area contributed by atoms with Crippen molar-refractivity contribution in [2.45, 2.75) is 13.3 Å². The maximum Gasteiger partial charge on any atom is 0.261 e. The van der Waals surface area contributed by atoms with Gasteiger partial charge in [0.05, 0.1) is 6.61 Å². The Bertz CT molecular complexity index is 137. The van der Waals surface area contributed by atoms with Gasteiger partial charge in [-0.15, -0.1) is 0 Å². The summed E-state index contributed by atoms with van der Waals surface area (Å²) in [5.74, 6) is 0.127. The van der Waals surface area contributed by atoms with Crippen molar-refractivity contribution in [3.05, 3.63) is 12.5 Å². The number of ether oxygens (including phenoxy) is 1. The Morgan fingerprint density at radius 2 is 2.50 bits per heavy atom. The van der Waals surface area contributed by atoms with Crippen molar-refractivity contribution >= 4 is 11.3 Å². The third-order valence-corrected chi connectivity index (χ3v) is 1.08. The van der Waals surface area contributed by atoms with E-state index in [9.17, 15) is 4.21 Å². The largest absolute Gasteiger partial charge is 0.479 e. The first-order chi connectivity index (χ1) is 4.66. The van der Waals surface area contributed by atoms with E-state index in [-0.39, 0.29) is 5.88 Å². The van der Waals surface area contributed by atoms with Crippen molar-refractivity contribution in [1.82, 2.24) is 4.72 Å². The Morgan fingerprint density at radius 3 is 2.90 bits per heavy atom. The minimum Gasteiger partial charge on any atom is -0.479 e. The zero-order valence-electron chi connectivity index (χ0n) is 5.79. The van der Waals surface area contributed by atoms with E-state index >= 15 is 0 Å². The van der Waals surface area contributed by atoms with E-state index in [0.717, 1.165) is 6.42 Å². The summed E-state index contributed by atoms with van der Waals surface area (Å²) in [5.41, 5.74) is 0. The molecule has 1 unspecified atom stereocenters. The molecule has 0 saturated carbocycles. The van der Waals surface area contributed by atoms with Crippen molar-refractivity contribution in [2.75, 3.05) is 6.61 Å². The Labute approximate surface area is 62.7 Å². The quantitative estimate of drug-likeness (QED) is 0.463. The summed E-state index contributed by atoms with van der Waals surface area (Å²) >= 11 is -2.07. The molecule has 0 aliphatic rings. The minimum absolute atomic E-state index is 0.127. The molecule has 0 heterocycles. The van der Waals surface area contributed by atoms with Crippen LogP contribution in [0.2, 0.25) is 0 Å². The average molecular weight is 165 g/mol. The topological polar surface area (TPSA) is 58.6 Å². The molecule has 4 nitrogen and oxygen atoms in total. The highest BCUT2D eigenvalue weighted by atomic mass is 32.2. The summed E-state index contributed by atoms with van der Waals surface area (Å²) in [7, 11) is 0. The van der Waals surface area contributed by atoms with Crippen LogP contribution in [0.1, 0.15) is 13.3 Å². The predicted octanol–water partition coefficient (Wildman–Crippen LogP) is 0.610. The molecule has 0 amide bonds. The highest BCUT2D eigenvalue weighted by molar-refractivity contribution is 7.77. The van der Waals surface area contributed by atoms with Gasteiger partial charge >= 0.3 is 0 Å². The molecule has 0 radical (unpaired) electrons. The van der Waals surface area contributed by atoms with E-state index < -0.39 is 11.3 Å². The van der Waals surface area contributed by atoms with Crippen LogP contribution in [0.3, 0.4) is 0 Å². The molecule has 5 heteroatoms. The molecule has 0 saturated heterocycles. The van der Waals surface area contributed by atoms with Crippen molar-refractivity contribution in [3.63, 3.8) is 0 Å². The van der Waals surface area contributed by atoms with Crippen LogP contribution in [0, 0.1) is 0 Å². The molecule has 0 aromatic rings. The third-order valence-electron chi connectivity index (χ3n) is 0.682. The Balaban J connectivity index is 3.35. The van der Waals surface area contributed by atoms with Crippen molar-refractivity contribution < 1.29 is 13.5 Å². The summed E-state index contributed by atoms with van der Waals surface area (Å²) in [4.78, 5) is 0. The molecule has 2 N–H and O–H groups in total. The SMILES string of the molecule is C=C(NS(=O)O)OCCC. The van der Waals surface area contributed by atoms with Crippen LogP contribution in [-0.4, -0.2) is 15.4 Å². The first kappa shape index (κ1) is 9.45. The van der Waals surface area contributed by atoms with E-state index in [0.29, 0.717) is 6.61 Å². The summed E-state index contributed by atoms with van der Waals surface area (Å²) in [6.07, 6.45) is 0.846. The van der Waals surface area contributed by atoms with Crippen molar-refractivity contribution in [2.24, 2.45) is 0 Å². The van der Waals surface area contributed by atoms with Crippen LogP contribution in [0.15, 0.2) is 12.5 Å². The summed E-state index contributed by atoms with van der Waals surface area (Å²) in [6.45, 7) is 5.78. The van der Waals surface area contributed by atoms with Gasteiger partial charge in [-0.05, 0) is 13.0 Å². The normalized spacial score (nSPS) is 12.2.